The number of nitrogens with zero attached hydrogens (tertiary/aromatic N) is 1. The van der Waals surface area contributed by atoms with Crippen LogP contribution in [0.4, 0.5) is 10.1 Å². The first kappa shape index (κ1) is 18.5. The molecule has 0 atom stereocenters. The Balaban J connectivity index is 2.03. The van der Waals surface area contributed by atoms with Crippen LogP contribution < -0.4 is 4.90 Å². The zero-order valence-electron chi connectivity index (χ0n) is 14.4. The van der Waals surface area contributed by atoms with Crippen LogP contribution in [0.2, 0.25) is 0 Å². The Kier molecular flexibility index (Phi) is 5.99. The third-order valence-corrected chi connectivity index (χ3v) is 5.86. The molecule has 3 nitrogen and oxygen atoms in total. The number of rotatable bonds is 7. The molecule has 0 amide bonds. The Hall–Kier alpha value is -1.88. The summed E-state index contributed by atoms with van der Waals surface area (Å²) in [6, 6.07) is 11.9. The highest BCUT2D eigenvalue weighted by atomic mass is 32.2. The molecule has 0 saturated heterocycles. The summed E-state index contributed by atoms with van der Waals surface area (Å²) in [5.74, 6) is -0.219. The maximum atomic E-state index is 14.0. The van der Waals surface area contributed by atoms with Gasteiger partial charge in [-0.15, -0.1) is 0 Å². The second-order valence-electron chi connectivity index (χ2n) is 6.02. The minimum atomic E-state index is -3.30. The Morgan fingerprint density at radius 1 is 1.00 bits per heavy atom. The van der Waals surface area contributed by atoms with Crippen molar-refractivity contribution in [1.29, 1.82) is 0 Å². The van der Waals surface area contributed by atoms with Crippen molar-refractivity contribution in [1.82, 2.24) is 0 Å². The van der Waals surface area contributed by atoms with Gasteiger partial charge in [0.05, 0.1) is 16.3 Å². The monoisotopic (exact) mass is 349 g/mol. The van der Waals surface area contributed by atoms with Crippen molar-refractivity contribution in [2.24, 2.45) is 0 Å². The molecule has 24 heavy (non-hydrogen) atoms. The normalized spacial score (nSPS) is 11.5. The summed E-state index contributed by atoms with van der Waals surface area (Å²) >= 11 is 0. The summed E-state index contributed by atoms with van der Waals surface area (Å²) in [5.41, 5.74) is 2.54. The number of hydrogen-bond acceptors (Lipinski definition) is 3. The minimum Gasteiger partial charge on any atom is -0.369 e. The van der Waals surface area contributed by atoms with Crippen LogP contribution in [0.25, 0.3) is 0 Å². The van der Waals surface area contributed by atoms with Gasteiger partial charge in [-0.2, -0.15) is 0 Å². The predicted octanol–water partition coefficient (Wildman–Crippen LogP) is 4.13. The van der Waals surface area contributed by atoms with E-state index in [-0.39, 0.29) is 11.6 Å². The smallest absolute Gasteiger partial charge is 0.178 e. The SMILES string of the molecule is CCN(CCCS(=O)(=O)c1ccc(C)cc1)c1cc(C)ccc1F. The topological polar surface area (TPSA) is 37.4 Å². The molecular formula is C19H24FNO2S. The molecule has 2 rings (SSSR count). The first-order valence-corrected chi connectivity index (χ1v) is 9.79. The lowest BCUT2D eigenvalue weighted by Gasteiger charge is -2.24. The van der Waals surface area contributed by atoms with Gasteiger partial charge in [0, 0.05) is 13.1 Å². The molecule has 0 fully saturated rings. The molecule has 0 aromatic heterocycles. The quantitative estimate of drug-likeness (QED) is 0.754. The zero-order chi connectivity index (χ0) is 17.7. The summed E-state index contributed by atoms with van der Waals surface area (Å²) in [7, 11) is -3.30. The van der Waals surface area contributed by atoms with Gasteiger partial charge < -0.3 is 4.90 Å². The number of sulfone groups is 1. The second kappa shape index (κ2) is 7.79. The van der Waals surface area contributed by atoms with E-state index in [1.54, 1.807) is 36.4 Å². The highest BCUT2D eigenvalue weighted by Gasteiger charge is 2.16. The fourth-order valence-corrected chi connectivity index (χ4v) is 3.92. The summed E-state index contributed by atoms with van der Waals surface area (Å²) < 4.78 is 38.8. The van der Waals surface area contributed by atoms with Crippen LogP contribution in [0.1, 0.15) is 24.5 Å². The van der Waals surface area contributed by atoms with E-state index in [9.17, 15) is 12.8 Å². The van der Waals surface area contributed by atoms with Gasteiger partial charge >= 0.3 is 0 Å². The largest absolute Gasteiger partial charge is 0.369 e. The molecule has 0 spiro atoms. The van der Waals surface area contributed by atoms with E-state index in [4.69, 9.17) is 0 Å². The standard InChI is InChI=1S/C19H24FNO2S/c1-4-21(19-14-16(3)8-11-18(19)20)12-5-13-24(22,23)17-9-6-15(2)7-10-17/h6-11,14H,4-5,12-13H2,1-3H3. The molecule has 0 unspecified atom stereocenters. The molecule has 5 heteroatoms. The fraction of sp³-hybridized carbons (Fsp3) is 0.368. The van der Waals surface area contributed by atoms with Crippen molar-refractivity contribution >= 4 is 15.5 Å². The lowest BCUT2D eigenvalue weighted by atomic mass is 10.2. The Bertz CT molecular complexity index is 786. The molecule has 0 aliphatic carbocycles. The summed E-state index contributed by atoms with van der Waals surface area (Å²) in [6.07, 6.45) is 0.456. The van der Waals surface area contributed by atoms with Crippen LogP contribution in [-0.4, -0.2) is 27.3 Å². The number of benzene rings is 2. The van der Waals surface area contributed by atoms with Crippen LogP contribution in [0.15, 0.2) is 47.4 Å². The molecule has 0 N–H and O–H groups in total. The first-order valence-electron chi connectivity index (χ1n) is 8.14. The zero-order valence-corrected chi connectivity index (χ0v) is 15.2. The van der Waals surface area contributed by atoms with E-state index in [0.29, 0.717) is 30.1 Å². The van der Waals surface area contributed by atoms with Crippen LogP contribution in [0.5, 0.6) is 0 Å². The van der Waals surface area contributed by atoms with Crippen LogP contribution in [0, 0.1) is 19.7 Å². The van der Waals surface area contributed by atoms with Crippen molar-refractivity contribution in [2.75, 3.05) is 23.7 Å². The molecule has 0 aliphatic rings. The van der Waals surface area contributed by atoms with E-state index in [1.165, 1.54) is 6.07 Å². The predicted molar refractivity (Wildman–Crippen MR) is 96.9 cm³/mol. The molecule has 0 bridgehead atoms. The average molecular weight is 349 g/mol. The molecule has 2 aromatic carbocycles. The number of aryl methyl sites for hydroxylation is 2. The van der Waals surface area contributed by atoms with E-state index in [2.05, 4.69) is 0 Å². The summed E-state index contributed by atoms with van der Waals surface area (Å²) in [5, 5.41) is 0. The van der Waals surface area contributed by atoms with Crippen LogP contribution >= 0.6 is 0 Å². The van der Waals surface area contributed by atoms with Crippen molar-refractivity contribution < 1.29 is 12.8 Å². The van der Waals surface area contributed by atoms with Gasteiger partial charge in [0.15, 0.2) is 9.84 Å². The highest BCUT2D eigenvalue weighted by molar-refractivity contribution is 7.91. The number of anilines is 1. The van der Waals surface area contributed by atoms with Gasteiger partial charge in [-0.3, -0.25) is 0 Å². The number of hydrogen-bond donors (Lipinski definition) is 0. The van der Waals surface area contributed by atoms with E-state index >= 15 is 0 Å². The Labute approximate surface area is 144 Å². The third kappa shape index (κ3) is 4.57. The lowest BCUT2D eigenvalue weighted by molar-refractivity contribution is 0.591. The van der Waals surface area contributed by atoms with Gasteiger partial charge in [-0.05, 0) is 57.0 Å². The molecular weight excluding hydrogens is 325 g/mol. The lowest BCUT2D eigenvalue weighted by Crippen LogP contribution is -2.26. The number of halogens is 1. The van der Waals surface area contributed by atoms with E-state index < -0.39 is 9.84 Å². The van der Waals surface area contributed by atoms with E-state index in [1.807, 2.05) is 25.7 Å². The first-order chi connectivity index (χ1) is 11.3. The second-order valence-corrected chi connectivity index (χ2v) is 8.13. The van der Waals surface area contributed by atoms with Crippen LogP contribution in [0.3, 0.4) is 0 Å². The molecule has 0 radical (unpaired) electrons. The molecule has 0 aliphatic heterocycles. The van der Waals surface area contributed by atoms with Crippen molar-refractivity contribution in [2.45, 2.75) is 32.1 Å². The Morgan fingerprint density at radius 3 is 2.25 bits per heavy atom. The van der Waals surface area contributed by atoms with Crippen molar-refractivity contribution in [3.05, 3.63) is 59.4 Å². The van der Waals surface area contributed by atoms with E-state index in [0.717, 1.165) is 11.1 Å². The van der Waals surface area contributed by atoms with Gasteiger partial charge in [-0.1, -0.05) is 23.8 Å². The molecule has 0 saturated carbocycles. The third-order valence-electron chi connectivity index (χ3n) is 4.05. The molecule has 130 valence electrons. The Morgan fingerprint density at radius 2 is 1.62 bits per heavy atom. The van der Waals surface area contributed by atoms with Gasteiger partial charge in [-0.25, -0.2) is 12.8 Å². The van der Waals surface area contributed by atoms with Gasteiger partial charge in [0.2, 0.25) is 0 Å². The maximum absolute atomic E-state index is 14.0. The molecule has 2 aromatic rings. The summed E-state index contributed by atoms with van der Waals surface area (Å²) in [6.45, 7) is 6.91. The van der Waals surface area contributed by atoms with Crippen LogP contribution in [-0.2, 0) is 9.84 Å². The van der Waals surface area contributed by atoms with Crippen molar-refractivity contribution in [3.63, 3.8) is 0 Å². The fourth-order valence-electron chi connectivity index (χ4n) is 2.62. The minimum absolute atomic E-state index is 0.0556. The molecule has 0 heterocycles. The maximum Gasteiger partial charge on any atom is 0.178 e. The van der Waals surface area contributed by atoms with Gasteiger partial charge in [0.25, 0.3) is 0 Å². The van der Waals surface area contributed by atoms with Gasteiger partial charge in [0.1, 0.15) is 5.82 Å². The van der Waals surface area contributed by atoms with Crippen molar-refractivity contribution in [3.8, 4) is 0 Å². The highest BCUT2D eigenvalue weighted by Crippen LogP contribution is 2.21. The average Bonchev–Trinajstić information content (AvgIpc) is 2.54. The summed E-state index contributed by atoms with van der Waals surface area (Å²) in [4.78, 5) is 2.23.